The Balaban J connectivity index is 2.21. The molecule has 4 aromatic carbocycles. The molecule has 1 aliphatic rings. The summed E-state index contributed by atoms with van der Waals surface area (Å²) in [6.07, 6.45) is 0. The molecule has 0 spiro atoms. The van der Waals surface area contributed by atoms with E-state index in [2.05, 4.69) is 191 Å². The zero-order chi connectivity index (χ0) is 40.8. The minimum absolute atomic E-state index is 0.442. The van der Waals surface area contributed by atoms with E-state index in [-0.39, 0.29) is 0 Å². The first kappa shape index (κ1) is 43.3. The van der Waals surface area contributed by atoms with Crippen LogP contribution in [0.25, 0.3) is 0 Å². The van der Waals surface area contributed by atoms with Crippen LogP contribution in [-0.4, -0.2) is 20.7 Å². The van der Waals surface area contributed by atoms with Crippen molar-refractivity contribution in [1.82, 2.24) is 0 Å². The summed E-state index contributed by atoms with van der Waals surface area (Å²) in [7, 11) is -3.93. The monoisotopic (exact) mass is 769 g/mol. The van der Waals surface area contributed by atoms with E-state index in [0.717, 1.165) is 0 Å². The second kappa shape index (κ2) is 17.0. The lowest BCUT2D eigenvalue weighted by atomic mass is 9.89. The Morgan fingerprint density at radius 3 is 0.945 bits per heavy atom. The molecule has 1 aliphatic heterocycles. The average molecular weight is 769 g/mol. The molecule has 296 valence electrons. The van der Waals surface area contributed by atoms with Crippen LogP contribution in [0.3, 0.4) is 0 Å². The molecule has 1 heterocycles. The Labute approximate surface area is 341 Å². The molecule has 0 bridgehead atoms. The van der Waals surface area contributed by atoms with Crippen LogP contribution >= 0.6 is 0 Å². The molecule has 0 atom stereocenters. The fraction of sp³-hybridized carbons (Fsp3) is 0.528. The molecule has 0 fully saturated rings. The SMILES string of the molecule is CC(C)c1cc(C(C)C)c([Si]2=C(c3ccccc3)C[Si]2(c2c(C(C)C)cc(C(C)C)cc2C(C)C)c2c(C(C)C)cc(C(C)C)cc2C(C)C)c(C(C)C)c1. The van der Waals surface area contributed by atoms with Gasteiger partial charge in [0.05, 0.1) is 7.93 Å². The van der Waals surface area contributed by atoms with Gasteiger partial charge in [0.25, 0.3) is 0 Å². The lowest BCUT2D eigenvalue weighted by Crippen LogP contribution is -2.80. The van der Waals surface area contributed by atoms with E-state index < -0.39 is 15.5 Å². The first-order valence-electron chi connectivity index (χ1n) is 22.1. The van der Waals surface area contributed by atoms with Gasteiger partial charge in [-0.3, -0.25) is 0 Å². The fourth-order valence-corrected chi connectivity index (χ4v) is 26.8. The van der Waals surface area contributed by atoms with Crippen LogP contribution < -0.4 is 15.6 Å². The summed E-state index contributed by atoms with van der Waals surface area (Å²) >= 11 is 0. The van der Waals surface area contributed by atoms with E-state index in [1.165, 1.54) is 28.3 Å². The van der Waals surface area contributed by atoms with Crippen molar-refractivity contribution >= 4 is 36.2 Å². The summed E-state index contributed by atoms with van der Waals surface area (Å²) in [5.74, 6) is 4.14. The molecule has 5 rings (SSSR count). The Kier molecular flexibility index (Phi) is 13.4. The van der Waals surface area contributed by atoms with Crippen molar-refractivity contribution in [3.05, 3.63) is 122 Å². The predicted octanol–water partition coefficient (Wildman–Crippen LogP) is 13.7. The minimum atomic E-state index is -2.59. The second-order valence-electron chi connectivity index (χ2n) is 19.9. The van der Waals surface area contributed by atoms with Gasteiger partial charge in [0.2, 0.25) is 0 Å². The summed E-state index contributed by atoms with van der Waals surface area (Å²) in [6, 6.07) is 29.0. The summed E-state index contributed by atoms with van der Waals surface area (Å²) in [5, 5.41) is 7.17. The van der Waals surface area contributed by atoms with E-state index in [9.17, 15) is 0 Å². The van der Waals surface area contributed by atoms with Crippen molar-refractivity contribution in [3.8, 4) is 0 Å². The standard InChI is InChI=1S/C53H76Si2/c1-31(2)41-24-44(34(7)8)51(45(25-41)35(9)10)54-50(40-22-20-19-21-23-40)30-55(54,52-46(36(11)12)26-42(32(3)4)27-47(52)37(13)14)53-48(38(15)16)28-43(33(5)6)29-49(53)39(17)18/h19-29,31-39H,30H2,1-18H3. The first-order valence-corrected chi connectivity index (χ1v) is 26.8. The highest BCUT2D eigenvalue weighted by Crippen LogP contribution is 2.40. The van der Waals surface area contributed by atoms with E-state index in [4.69, 9.17) is 0 Å². The van der Waals surface area contributed by atoms with E-state index in [0.29, 0.717) is 53.3 Å². The Morgan fingerprint density at radius 2 is 0.673 bits per heavy atom. The predicted molar refractivity (Wildman–Crippen MR) is 252 cm³/mol. The van der Waals surface area contributed by atoms with Crippen molar-refractivity contribution in [3.63, 3.8) is 0 Å². The van der Waals surface area contributed by atoms with Crippen LogP contribution in [0.15, 0.2) is 66.7 Å². The molecule has 2 heteroatoms. The smallest absolute Gasteiger partial charge is 0.0622 e. The molecule has 4 aromatic rings. The van der Waals surface area contributed by atoms with E-state index in [1.54, 1.807) is 43.7 Å². The molecule has 0 aromatic heterocycles. The quantitative estimate of drug-likeness (QED) is 0.119. The van der Waals surface area contributed by atoms with Crippen molar-refractivity contribution in [2.75, 3.05) is 0 Å². The van der Waals surface area contributed by atoms with Gasteiger partial charge >= 0.3 is 0 Å². The topological polar surface area (TPSA) is 0 Å². The van der Waals surface area contributed by atoms with Crippen LogP contribution in [0.1, 0.15) is 234 Å². The second-order valence-corrected chi connectivity index (χ2v) is 29.0. The van der Waals surface area contributed by atoms with Gasteiger partial charge in [-0.05, 0) is 130 Å². The molecular weight excluding hydrogens is 693 g/mol. The van der Waals surface area contributed by atoms with Gasteiger partial charge in [-0.2, -0.15) is 0 Å². The van der Waals surface area contributed by atoms with Gasteiger partial charge in [-0.15, -0.1) is 0 Å². The Bertz CT molecular complexity index is 1850. The average Bonchev–Trinajstić information content (AvgIpc) is 3.10. The third kappa shape index (κ3) is 8.03. The van der Waals surface area contributed by atoms with Crippen LogP contribution in [0.4, 0.5) is 0 Å². The zero-order valence-corrected chi connectivity index (χ0v) is 40.3. The van der Waals surface area contributed by atoms with Gasteiger partial charge < -0.3 is 0 Å². The summed E-state index contributed by atoms with van der Waals surface area (Å²) in [4.78, 5) is 0. The van der Waals surface area contributed by atoms with Gasteiger partial charge in [-0.25, -0.2) is 0 Å². The maximum atomic E-state index is 2.69. The molecule has 0 amide bonds. The maximum Gasteiger partial charge on any atom is 0.137 e. The fourth-order valence-electron chi connectivity index (χ4n) is 9.54. The third-order valence-corrected chi connectivity index (χ3v) is 26.1. The van der Waals surface area contributed by atoms with E-state index in [1.807, 2.05) is 10.4 Å². The summed E-state index contributed by atoms with van der Waals surface area (Å²) in [6.45, 7) is 44.2. The highest BCUT2D eigenvalue weighted by molar-refractivity contribution is 7.55. The Hall–Kier alpha value is -2.82. The number of rotatable bonds is 13. The highest BCUT2D eigenvalue weighted by Gasteiger charge is 2.56. The van der Waals surface area contributed by atoms with Crippen LogP contribution in [0.2, 0.25) is 6.04 Å². The lowest BCUT2D eigenvalue weighted by molar-refractivity contribution is 0.808. The van der Waals surface area contributed by atoms with Crippen molar-refractivity contribution < 1.29 is 0 Å². The van der Waals surface area contributed by atoms with Crippen LogP contribution in [0.5, 0.6) is 0 Å². The first-order chi connectivity index (χ1) is 25.7. The van der Waals surface area contributed by atoms with Crippen LogP contribution in [-0.2, 0) is 0 Å². The summed E-state index contributed by atoms with van der Waals surface area (Å²) < 4.78 is 0. The maximum absolute atomic E-state index is 2.69. The van der Waals surface area contributed by atoms with Crippen molar-refractivity contribution in [1.29, 1.82) is 0 Å². The molecular formula is C53H76Si2. The van der Waals surface area contributed by atoms with Gasteiger partial charge in [0.1, 0.15) is 7.59 Å². The highest BCUT2D eigenvalue weighted by atomic mass is 29.2. The molecule has 0 aliphatic carbocycles. The molecule has 55 heavy (non-hydrogen) atoms. The molecule has 0 unspecified atom stereocenters. The van der Waals surface area contributed by atoms with Gasteiger partial charge in [0, 0.05) is 0 Å². The largest absolute Gasteiger partial charge is 0.137 e. The minimum Gasteiger partial charge on any atom is -0.0622 e. The molecule has 0 saturated heterocycles. The van der Waals surface area contributed by atoms with Gasteiger partial charge in [-0.1, -0.05) is 197 Å². The van der Waals surface area contributed by atoms with E-state index >= 15 is 0 Å². The lowest BCUT2D eigenvalue weighted by Gasteiger charge is -2.51. The van der Waals surface area contributed by atoms with Crippen LogP contribution in [0, 0.1) is 0 Å². The normalized spacial score (nSPS) is 14.7. The van der Waals surface area contributed by atoms with Gasteiger partial charge in [0.15, 0.2) is 0 Å². The number of benzene rings is 4. The van der Waals surface area contributed by atoms with Crippen molar-refractivity contribution in [2.45, 2.75) is 184 Å². The zero-order valence-electron chi connectivity index (χ0n) is 38.3. The number of hydrogen-bond acceptors (Lipinski definition) is 0. The third-order valence-electron chi connectivity index (χ3n) is 12.8. The molecule has 0 radical (unpaired) electrons. The molecule has 0 N–H and O–H groups in total. The van der Waals surface area contributed by atoms with Crippen molar-refractivity contribution in [2.24, 2.45) is 0 Å². The Morgan fingerprint density at radius 1 is 0.382 bits per heavy atom. The summed E-state index contributed by atoms with van der Waals surface area (Å²) in [5.41, 5.74) is 15.8. The number of hydrogen-bond donors (Lipinski definition) is 0. The molecule has 0 saturated carbocycles. The molecule has 0 nitrogen and oxygen atoms in total.